The van der Waals surface area contributed by atoms with E-state index in [4.69, 9.17) is 0 Å². The number of amides is 1. The quantitative estimate of drug-likeness (QED) is 0.919. The molecule has 2 rings (SSSR count). The van der Waals surface area contributed by atoms with Crippen molar-refractivity contribution in [3.8, 4) is 0 Å². The molecule has 1 N–H and O–H groups in total. The first-order valence-corrected chi connectivity index (χ1v) is 8.06. The minimum Gasteiger partial charge on any atom is -0.341 e. The van der Waals surface area contributed by atoms with Gasteiger partial charge in [0.2, 0.25) is 5.91 Å². The Kier molecular flexibility index (Phi) is 5.40. The molecule has 1 aliphatic rings. The minimum absolute atomic E-state index is 0.278. The number of carbonyl (C=O) groups is 1. The molecule has 19 heavy (non-hydrogen) atoms. The van der Waals surface area contributed by atoms with Crippen LogP contribution in [0.15, 0.2) is 17.5 Å². The highest BCUT2D eigenvalue weighted by atomic mass is 32.1. The Morgan fingerprint density at radius 2 is 2.42 bits per heavy atom. The van der Waals surface area contributed by atoms with Crippen molar-refractivity contribution in [3.05, 3.63) is 22.4 Å². The van der Waals surface area contributed by atoms with Crippen molar-refractivity contribution in [1.82, 2.24) is 10.2 Å². The Bertz CT molecular complexity index is 389. The molecule has 1 aromatic rings. The Labute approximate surface area is 120 Å². The molecule has 1 aromatic heterocycles. The van der Waals surface area contributed by atoms with Gasteiger partial charge in [-0.2, -0.15) is 0 Å². The van der Waals surface area contributed by atoms with E-state index in [0.717, 1.165) is 32.5 Å². The van der Waals surface area contributed by atoms with Crippen molar-refractivity contribution < 1.29 is 4.79 Å². The lowest BCUT2D eigenvalue weighted by molar-refractivity contribution is -0.130. The highest BCUT2D eigenvalue weighted by molar-refractivity contribution is 7.10. The zero-order valence-corrected chi connectivity index (χ0v) is 12.7. The lowest BCUT2D eigenvalue weighted by atomic mass is 10.0. The van der Waals surface area contributed by atoms with Crippen LogP contribution in [0.2, 0.25) is 0 Å². The van der Waals surface area contributed by atoms with Gasteiger partial charge in [-0.15, -0.1) is 11.3 Å². The van der Waals surface area contributed by atoms with Gasteiger partial charge in [-0.05, 0) is 36.8 Å². The lowest BCUT2D eigenvalue weighted by Crippen LogP contribution is -2.41. The number of nitrogens with zero attached hydrogens (tertiary/aromatic N) is 1. The molecule has 1 fully saturated rings. The SMILES string of the molecule is CC(C)CC1CN(C(=O)Cc2cccs2)CCCN1. The second-order valence-corrected chi connectivity index (χ2v) is 6.76. The first-order valence-electron chi connectivity index (χ1n) is 7.18. The topological polar surface area (TPSA) is 32.3 Å². The predicted molar refractivity (Wildman–Crippen MR) is 80.5 cm³/mol. The van der Waals surface area contributed by atoms with Gasteiger partial charge in [-0.25, -0.2) is 0 Å². The molecule has 0 radical (unpaired) electrons. The van der Waals surface area contributed by atoms with Crippen molar-refractivity contribution in [2.45, 2.75) is 39.2 Å². The monoisotopic (exact) mass is 280 g/mol. The molecule has 106 valence electrons. The highest BCUT2D eigenvalue weighted by Gasteiger charge is 2.22. The van der Waals surface area contributed by atoms with Crippen LogP contribution in [-0.4, -0.2) is 36.5 Å². The zero-order valence-electron chi connectivity index (χ0n) is 11.9. The molecule has 0 saturated carbocycles. The van der Waals surface area contributed by atoms with E-state index in [2.05, 4.69) is 19.2 Å². The number of carbonyl (C=O) groups excluding carboxylic acids is 1. The van der Waals surface area contributed by atoms with E-state index in [-0.39, 0.29) is 5.91 Å². The third kappa shape index (κ3) is 4.62. The molecule has 1 aliphatic heterocycles. The Balaban J connectivity index is 1.91. The molecule has 1 amide bonds. The molecule has 0 aromatic carbocycles. The molecule has 1 atom stereocenters. The van der Waals surface area contributed by atoms with Crippen LogP contribution in [0.1, 0.15) is 31.6 Å². The fourth-order valence-electron chi connectivity index (χ4n) is 2.63. The molecular formula is C15H24N2OS. The summed E-state index contributed by atoms with van der Waals surface area (Å²) in [5.41, 5.74) is 0. The number of thiophene rings is 1. The summed E-state index contributed by atoms with van der Waals surface area (Å²) in [7, 11) is 0. The second kappa shape index (κ2) is 7.06. The summed E-state index contributed by atoms with van der Waals surface area (Å²) in [6.07, 6.45) is 2.76. The molecule has 0 aliphatic carbocycles. The maximum absolute atomic E-state index is 12.4. The molecule has 1 unspecified atom stereocenters. The van der Waals surface area contributed by atoms with Gasteiger partial charge in [0.1, 0.15) is 0 Å². The predicted octanol–water partition coefficient (Wildman–Crippen LogP) is 2.53. The van der Waals surface area contributed by atoms with Crippen molar-refractivity contribution in [1.29, 1.82) is 0 Å². The Morgan fingerprint density at radius 3 is 3.11 bits per heavy atom. The maximum atomic E-state index is 12.4. The van der Waals surface area contributed by atoms with Crippen molar-refractivity contribution in [2.24, 2.45) is 5.92 Å². The van der Waals surface area contributed by atoms with Crippen LogP contribution in [0.25, 0.3) is 0 Å². The third-order valence-electron chi connectivity index (χ3n) is 3.49. The number of nitrogens with one attached hydrogen (secondary N) is 1. The van der Waals surface area contributed by atoms with Gasteiger partial charge in [0.05, 0.1) is 6.42 Å². The second-order valence-electron chi connectivity index (χ2n) is 5.73. The van der Waals surface area contributed by atoms with Gasteiger partial charge in [0.25, 0.3) is 0 Å². The first-order chi connectivity index (χ1) is 9.15. The standard InChI is InChI=1S/C15H24N2OS/c1-12(2)9-13-11-17(7-4-6-16-13)15(18)10-14-5-3-8-19-14/h3,5,8,12-13,16H,4,6-7,9-11H2,1-2H3. The summed E-state index contributed by atoms with van der Waals surface area (Å²) >= 11 is 1.67. The summed E-state index contributed by atoms with van der Waals surface area (Å²) in [6.45, 7) is 7.27. The molecule has 0 spiro atoms. The van der Waals surface area contributed by atoms with Gasteiger partial charge >= 0.3 is 0 Å². The molecule has 0 bridgehead atoms. The van der Waals surface area contributed by atoms with Crippen LogP contribution in [0.4, 0.5) is 0 Å². The fourth-order valence-corrected chi connectivity index (χ4v) is 3.32. The number of hydrogen-bond donors (Lipinski definition) is 1. The van der Waals surface area contributed by atoms with Gasteiger partial charge in [0.15, 0.2) is 0 Å². The normalized spacial score (nSPS) is 20.6. The van der Waals surface area contributed by atoms with Crippen LogP contribution >= 0.6 is 11.3 Å². The van der Waals surface area contributed by atoms with Crippen LogP contribution in [-0.2, 0) is 11.2 Å². The Hall–Kier alpha value is -0.870. The van der Waals surface area contributed by atoms with Crippen molar-refractivity contribution in [3.63, 3.8) is 0 Å². The van der Waals surface area contributed by atoms with Crippen LogP contribution in [0, 0.1) is 5.92 Å². The zero-order chi connectivity index (χ0) is 13.7. The average Bonchev–Trinajstić information content (AvgIpc) is 2.74. The van der Waals surface area contributed by atoms with Crippen molar-refractivity contribution >= 4 is 17.2 Å². The van der Waals surface area contributed by atoms with E-state index in [1.165, 1.54) is 4.88 Å². The van der Waals surface area contributed by atoms with Crippen LogP contribution < -0.4 is 5.32 Å². The summed E-state index contributed by atoms with van der Waals surface area (Å²) in [5.74, 6) is 0.949. The number of rotatable bonds is 4. The van der Waals surface area contributed by atoms with Gasteiger partial charge in [-0.1, -0.05) is 19.9 Å². The molecule has 2 heterocycles. The third-order valence-corrected chi connectivity index (χ3v) is 4.37. The van der Waals surface area contributed by atoms with E-state index < -0.39 is 0 Å². The fraction of sp³-hybridized carbons (Fsp3) is 0.667. The van der Waals surface area contributed by atoms with Gasteiger partial charge in [0, 0.05) is 24.0 Å². The van der Waals surface area contributed by atoms with Crippen molar-refractivity contribution in [2.75, 3.05) is 19.6 Å². The lowest BCUT2D eigenvalue weighted by Gasteiger charge is -2.25. The molecule has 3 nitrogen and oxygen atoms in total. The van der Waals surface area contributed by atoms with Crippen LogP contribution in [0.5, 0.6) is 0 Å². The first kappa shape index (κ1) is 14.5. The summed E-state index contributed by atoms with van der Waals surface area (Å²) in [5, 5.41) is 5.60. The smallest absolute Gasteiger partial charge is 0.227 e. The van der Waals surface area contributed by atoms with E-state index in [1.54, 1.807) is 11.3 Å². The highest BCUT2D eigenvalue weighted by Crippen LogP contribution is 2.14. The summed E-state index contributed by atoms with van der Waals surface area (Å²) in [6, 6.07) is 4.51. The van der Waals surface area contributed by atoms with Gasteiger partial charge in [-0.3, -0.25) is 4.79 Å². The largest absolute Gasteiger partial charge is 0.341 e. The molecule has 1 saturated heterocycles. The summed E-state index contributed by atoms with van der Waals surface area (Å²) < 4.78 is 0. The van der Waals surface area contributed by atoms with Crippen LogP contribution in [0.3, 0.4) is 0 Å². The maximum Gasteiger partial charge on any atom is 0.227 e. The van der Waals surface area contributed by atoms with E-state index in [0.29, 0.717) is 18.4 Å². The number of hydrogen-bond acceptors (Lipinski definition) is 3. The summed E-state index contributed by atoms with van der Waals surface area (Å²) in [4.78, 5) is 15.6. The average molecular weight is 280 g/mol. The van der Waals surface area contributed by atoms with E-state index >= 15 is 0 Å². The minimum atomic E-state index is 0.278. The van der Waals surface area contributed by atoms with Gasteiger partial charge < -0.3 is 10.2 Å². The van der Waals surface area contributed by atoms with E-state index in [9.17, 15) is 4.79 Å². The van der Waals surface area contributed by atoms with E-state index in [1.807, 2.05) is 22.4 Å². The molecular weight excluding hydrogens is 256 g/mol. The molecule has 4 heteroatoms. The Morgan fingerprint density at radius 1 is 1.58 bits per heavy atom.